The van der Waals surface area contributed by atoms with Crippen molar-refractivity contribution in [1.29, 1.82) is 0 Å². The number of hydrogen-bond donors (Lipinski definition) is 1. The second-order valence-corrected chi connectivity index (χ2v) is 4.79. The van der Waals surface area contributed by atoms with Gasteiger partial charge < -0.3 is 10.0 Å². The van der Waals surface area contributed by atoms with E-state index in [0.717, 1.165) is 23.2 Å². The molecule has 20 heavy (non-hydrogen) atoms. The fourth-order valence-electron chi connectivity index (χ4n) is 2.58. The summed E-state index contributed by atoms with van der Waals surface area (Å²) in [6.07, 6.45) is 0.144. The summed E-state index contributed by atoms with van der Waals surface area (Å²) < 4.78 is 0. The van der Waals surface area contributed by atoms with Gasteiger partial charge in [0.05, 0.1) is 4.92 Å². The van der Waals surface area contributed by atoms with Crippen molar-refractivity contribution in [2.75, 3.05) is 11.4 Å². The minimum Gasteiger partial charge on any atom is -0.369 e. The first kappa shape index (κ1) is 12.6. The van der Waals surface area contributed by atoms with Crippen LogP contribution in [0.15, 0.2) is 48.5 Å². The molecular weight excluding hydrogens is 256 g/mol. The zero-order chi connectivity index (χ0) is 14.1. The van der Waals surface area contributed by atoms with E-state index in [1.165, 1.54) is 12.1 Å². The van der Waals surface area contributed by atoms with Crippen molar-refractivity contribution in [2.24, 2.45) is 0 Å². The molecule has 2 aromatic rings. The number of non-ortho nitro benzene ring substituents is 1. The molecule has 0 saturated heterocycles. The van der Waals surface area contributed by atoms with Crippen LogP contribution in [-0.2, 0) is 6.42 Å². The number of aliphatic hydroxyl groups is 1. The smallest absolute Gasteiger partial charge is 0.269 e. The predicted molar refractivity (Wildman–Crippen MR) is 75.5 cm³/mol. The molecule has 5 nitrogen and oxygen atoms in total. The summed E-state index contributed by atoms with van der Waals surface area (Å²) >= 11 is 0. The number of aliphatic hydroxyl groups excluding tert-OH is 1. The van der Waals surface area contributed by atoms with E-state index >= 15 is 0 Å². The van der Waals surface area contributed by atoms with Crippen molar-refractivity contribution in [2.45, 2.75) is 12.6 Å². The molecule has 2 aromatic carbocycles. The predicted octanol–water partition coefficient (Wildman–Crippen LogP) is 2.65. The van der Waals surface area contributed by atoms with Crippen molar-refractivity contribution in [3.8, 4) is 0 Å². The minimum atomic E-state index is -0.707. The van der Waals surface area contributed by atoms with E-state index in [9.17, 15) is 15.2 Å². The van der Waals surface area contributed by atoms with Gasteiger partial charge in [-0.1, -0.05) is 24.3 Å². The fraction of sp³-hybridized carbons (Fsp3) is 0.200. The maximum Gasteiger partial charge on any atom is 0.269 e. The Morgan fingerprint density at radius 2 is 1.85 bits per heavy atom. The number of anilines is 1. The van der Waals surface area contributed by atoms with Crippen molar-refractivity contribution >= 4 is 11.4 Å². The standard InChI is InChI=1S/C15H14N2O3/c18-15-14-4-2-1-3-11(14)9-10-16(15)12-5-7-13(8-6-12)17(19)20/h1-8,15,18H,9-10H2. The summed E-state index contributed by atoms with van der Waals surface area (Å²) in [6, 6.07) is 14.1. The third-order valence-electron chi connectivity index (χ3n) is 3.64. The molecule has 5 heteroatoms. The van der Waals surface area contributed by atoms with Crippen LogP contribution in [0, 0.1) is 10.1 Å². The topological polar surface area (TPSA) is 66.6 Å². The average molecular weight is 270 g/mol. The summed E-state index contributed by atoms with van der Waals surface area (Å²) in [5.41, 5.74) is 2.90. The number of fused-ring (bicyclic) bond motifs is 1. The Labute approximate surface area is 116 Å². The Bertz CT molecular complexity index is 640. The van der Waals surface area contributed by atoms with E-state index in [4.69, 9.17) is 0 Å². The molecular formula is C15H14N2O3. The van der Waals surface area contributed by atoms with Crippen LogP contribution >= 0.6 is 0 Å². The first-order valence-electron chi connectivity index (χ1n) is 6.44. The molecule has 1 unspecified atom stereocenters. The zero-order valence-electron chi connectivity index (χ0n) is 10.8. The summed E-state index contributed by atoms with van der Waals surface area (Å²) in [5.74, 6) is 0. The minimum absolute atomic E-state index is 0.0562. The highest BCUT2D eigenvalue weighted by molar-refractivity contribution is 5.54. The molecule has 0 aromatic heterocycles. The van der Waals surface area contributed by atoms with Crippen molar-refractivity contribution in [1.82, 2.24) is 0 Å². The molecule has 3 rings (SSSR count). The molecule has 0 spiro atoms. The van der Waals surface area contributed by atoms with E-state index < -0.39 is 11.2 Å². The van der Waals surface area contributed by atoms with Gasteiger partial charge in [-0.3, -0.25) is 10.1 Å². The van der Waals surface area contributed by atoms with Crippen molar-refractivity contribution in [3.05, 3.63) is 69.8 Å². The number of hydrogen-bond acceptors (Lipinski definition) is 4. The normalized spacial score (nSPS) is 17.6. The largest absolute Gasteiger partial charge is 0.369 e. The number of benzene rings is 2. The second-order valence-electron chi connectivity index (χ2n) is 4.79. The Morgan fingerprint density at radius 3 is 2.55 bits per heavy atom. The highest BCUT2D eigenvalue weighted by Gasteiger charge is 2.25. The van der Waals surface area contributed by atoms with Gasteiger partial charge in [-0.05, 0) is 24.1 Å². The van der Waals surface area contributed by atoms with Crippen LogP contribution in [0.4, 0.5) is 11.4 Å². The molecule has 1 atom stereocenters. The van der Waals surface area contributed by atoms with E-state index in [-0.39, 0.29) is 5.69 Å². The SMILES string of the molecule is O=[N+]([O-])c1ccc(N2CCc3ccccc3C2O)cc1. The highest BCUT2D eigenvalue weighted by atomic mass is 16.6. The van der Waals surface area contributed by atoms with Gasteiger partial charge in [-0.25, -0.2) is 0 Å². The molecule has 1 aliphatic rings. The van der Waals surface area contributed by atoms with Gasteiger partial charge in [-0.2, -0.15) is 0 Å². The van der Waals surface area contributed by atoms with Gasteiger partial charge in [0, 0.05) is 29.9 Å². The number of nitro benzene ring substituents is 1. The van der Waals surface area contributed by atoms with E-state index in [0.29, 0.717) is 6.54 Å². The summed E-state index contributed by atoms with van der Waals surface area (Å²) in [5, 5.41) is 21.1. The highest BCUT2D eigenvalue weighted by Crippen LogP contribution is 2.32. The van der Waals surface area contributed by atoms with Crippen LogP contribution in [0.25, 0.3) is 0 Å². The van der Waals surface area contributed by atoms with Crippen LogP contribution in [-0.4, -0.2) is 16.6 Å². The molecule has 0 saturated carbocycles. The first-order valence-corrected chi connectivity index (χ1v) is 6.44. The van der Waals surface area contributed by atoms with E-state index in [2.05, 4.69) is 0 Å². The zero-order valence-corrected chi connectivity index (χ0v) is 10.8. The van der Waals surface area contributed by atoms with Gasteiger partial charge >= 0.3 is 0 Å². The molecule has 102 valence electrons. The Balaban J connectivity index is 1.90. The summed E-state index contributed by atoms with van der Waals surface area (Å²) in [7, 11) is 0. The number of rotatable bonds is 2. The van der Waals surface area contributed by atoms with Crippen LogP contribution in [0.3, 0.4) is 0 Å². The van der Waals surface area contributed by atoms with Gasteiger partial charge in [-0.15, -0.1) is 0 Å². The monoisotopic (exact) mass is 270 g/mol. The lowest BCUT2D eigenvalue weighted by molar-refractivity contribution is -0.384. The first-order chi connectivity index (χ1) is 9.66. The third kappa shape index (κ3) is 2.12. The Kier molecular flexibility index (Phi) is 3.12. The lowest BCUT2D eigenvalue weighted by atomic mass is 9.98. The van der Waals surface area contributed by atoms with Gasteiger partial charge in [0.15, 0.2) is 6.23 Å². The molecule has 0 bridgehead atoms. The molecule has 1 heterocycles. The molecule has 1 aliphatic heterocycles. The van der Waals surface area contributed by atoms with Crippen LogP contribution < -0.4 is 4.90 Å². The third-order valence-corrected chi connectivity index (χ3v) is 3.64. The van der Waals surface area contributed by atoms with E-state index in [1.54, 1.807) is 12.1 Å². The lowest BCUT2D eigenvalue weighted by Gasteiger charge is -2.35. The van der Waals surface area contributed by atoms with Crippen LogP contribution in [0.5, 0.6) is 0 Å². The maximum absolute atomic E-state index is 10.7. The average Bonchev–Trinajstić information content (AvgIpc) is 2.48. The maximum atomic E-state index is 10.7. The fourth-order valence-corrected chi connectivity index (χ4v) is 2.58. The van der Waals surface area contributed by atoms with Crippen LogP contribution in [0.2, 0.25) is 0 Å². The second kappa shape index (κ2) is 4.94. The lowest BCUT2D eigenvalue weighted by Crippen LogP contribution is -2.35. The number of nitro groups is 1. The Hall–Kier alpha value is -2.40. The van der Waals surface area contributed by atoms with Crippen LogP contribution in [0.1, 0.15) is 17.4 Å². The molecule has 0 fully saturated rings. The van der Waals surface area contributed by atoms with Gasteiger partial charge in [0.1, 0.15) is 0 Å². The number of nitrogens with zero attached hydrogens (tertiary/aromatic N) is 2. The van der Waals surface area contributed by atoms with E-state index in [1.807, 2.05) is 29.2 Å². The van der Waals surface area contributed by atoms with Crippen molar-refractivity contribution in [3.63, 3.8) is 0 Å². The van der Waals surface area contributed by atoms with Gasteiger partial charge in [0.25, 0.3) is 5.69 Å². The quantitative estimate of drug-likeness (QED) is 0.673. The Morgan fingerprint density at radius 1 is 1.15 bits per heavy atom. The van der Waals surface area contributed by atoms with Crippen molar-refractivity contribution < 1.29 is 10.0 Å². The molecule has 0 amide bonds. The summed E-state index contributed by atoms with van der Waals surface area (Å²) in [6.45, 7) is 0.690. The molecule has 1 N–H and O–H groups in total. The molecule has 0 radical (unpaired) electrons. The van der Waals surface area contributed by atoms with Gasteiger partial charge in [0.2, 0.25) is 0 Å². The molecule has 0 aliphatic carbocycles. The summed E-state index contributed by atoms with van der Waals surface area (Å²) in [4.78, 5) is 12.1.